The molecule has 0 spiro atoms. The molecule has 118 valence electrons. The zero-order valence-corrected chi connectivity index (χ0v) is 12.7. The van der Waals surface area contributed by atoms with Gasteiger partial charge >= 0.3 is 5.97 Å². The molecular formula is C14H16N2O5S. The molecule has 0 saturated carbocycles. The second-order valence-corrected chi connectivity index (χ2v) is 7.09. The van der Waals surface area contributed by atoms with Gasteiger partial charge in [-0.05, 0) is 11.6 Å². The SMILES string of the molecule is CS(=O)(=O)C(=O)Cn1cc(C[C@H](N)C(=O)O)c2ccccc21. The van der Waals surface area contributed by atoms with E-state index in [4.69, 9.17) is 10.8 Å². The molecule has 7 nitrogen and oxygen atoms in total. The molecule has 22 heavy (non-hydrogen) atoms. The van der Waals surface area contributed by atoms with Crippen molar-refractivity contribution in [2.75, 3.05) is 6.26 Å². The highest BCUT2D eigenvalue weighted by molar-refractivity contribution is 8.05. The van der Waals surface area contributed by atoms with Gasteiger partial charge in [0.05, 0.1) is 6.54 Å². The number of carbonyl (C=O) groups excluding carboxylic acids is 1. The van der Waals surface area contributed by atoms with E-state index in [1.165, 1.54) is 4.57 Å². The molecule has 0 aliphatic carbocycles. The Balaban J connectivity index is 2.44. The molecule has 2 aromatic rings. The van der Waals surface area contributed by atoms with E-state index in [0.717, 1.165) is 11.6 Å². The summed E-state index contributed by atoms with van der Waals surface area (Å²) in [6.07, 6.45) is 2.54. The lowest BCUT2D eigenvalue weighted by Gasteiger charge is -2.04. The number of benzene rings is 1. The van der Waals surface area contributed by atoms with Crippen LogP contribution in [0.3, 0.4) is 0 Å². The maximum absolute atomic E-state index is 11.7. The molecule has 8 heteroatoms. The Kier molecular flexibility index (Phi) is 4.34. The quantitative estimate of drug-likeness (QED) is 0.809. The van der Waals surface area contributed by atoms with Crippen LogP contribution in [0.15, 0.2) is 30.5 Å². The molecule has 1 atom stereocenters. The highest BCUT2D eigenvalue weighted by Gasteiger charge is 2.20. The third-order valence-corrected chi connectivity index (χ3v) is 4.30. The lowest BCUT2D eigenvalue weighted by atomic mass is 10.1. The molecular weight excluding hydrogens is 308 g/mol. The number of hydrogen-bond acceptors (Lipinski definition) is 5. The predicted molar refractivity (Wildman–Crippen MR) is 81.1 cm³/mol. The molecule has 0 fully saturated rings. The van der Waals surface area contributed by atoms with E-state index < -0.39 is 27.0 Å². The molecule has 0 aliphatic heterocycles. The van der Waals surface area contributed by atoms with E-state index in [2.05, 4.69) is 0 Å². The number of para-hydroxylation sites is 1. The van der Waals surface area contributed by atoms with Gasteiger partial charge in [0.25, 0.3) is 5.12 Å². The number of fused-ring (bicyclic) bond motifs is 1. The molecule has 0 radical (unpaired) electrons. The monoisotopic (exact) mass is 324 g/mol. The van der Waals surface area contributed by atoms with Gasteiger partial charge in [-0.3, -0.25) is 9.59 Å². The average molecular weight is 324 g/mol. The predicted octanol–water partition coefficient (Wildman–Crippen LogP) is 0.167. The first-order valence-corrected chi connectivity index (χ1v) is 8.37. The highest BCUT2D eigenvalue weighted by Crippen LogP contribution is 2.22. The van der Waals surface area contributed by atoms with Crippen LogP contribution in [0.1, 0.15) is 5.56 Å². The van der Waals surface area contributed by atoms with Gasteiger partial charge in [-0.2, -0.15) is 0 Å². The van der Waals surface area contributed by atoms with Crippen LogP contribution in [0.5, 0.6) is 0 Å². The first-order valence-electron chi connectivity index (χ1n) is 6.48. The van der Waals surface area contributed by atoms with E-state index in [1.54, 1.807) is 30.5 Å². The van der Waals surface area contributed by atoms with Crippen molar-refractivity contribution >= 4 is 31.8 Å². The van der Waals surface area contributed by atoms with Crippen LogP contribution in [-0.4, -0.2) is 41.5 Å². The molecule has 1 heterocycles. The number of hydrogen-bond donors (Lipinski definition) is 2. The number of carboxylic acid groups (broad SMARTS) is 1. The van der Waals surface area contributed by atoms with Crippen LogP contribution in [-0.2, 0) is 32.4 Å². The fourth-order valence-corrected chi connectivity index (χ4v) is 2.57. The first kappa shape index (κ1) is 16.2. The van der Waals surface area contributed by atoms with Crippen molar-refractivity contribution in [3.8, 4) is 0 Å². The van der Waals surface area contributed by atoms with E-state index >= 15 is 0 Å². The lowest BCUT2D eigenvalue weighted by Crippen LogP contribution is -2.32. The van der Waals surface area contributed by atoms with Gasteiger partial charge in [-0.1, -0.05) is 18.2 Å². The Labute approximate surface area is 127 Å². The summed E-state index contributed by atoms with van der Waals surface area (Å²) in [5.41, 5.74) is 6.87. The summed E-state index contributed by atoms with van der Waals surface area (Å²) in [6, 6.07) is 5.98. The van der Waals surface area contributed by atoms with Gasteiger partial charge in [-0.15, -0.1) is 0 Å². The standard InChI is InChI=1S/C14H16N2O5S/c1-22(20,21)13(17)8-16-7-9(6-11(15)14(18)19)10-4-2-3-5-12(10)16/h2-5,7,11H,6,8,15H2,1H3,(H,18,19)/t11-/m0/s1. The molecule has 1 aromatic heterocycles. The topological polar surface area (TPSA) is 119 Å². The molecule has 0 bridgehead atoms. The number of carboxylic acids is 1. The summed E-state index contributed by atoms with van der Waals surface area (Å²) in [5.74, 6) is -1.12. The minimum Gasteiger partial charge on any atom is -0.480 e. The van der Waals surface area contributed by atoms with Gasteiger partial charge < -0.3 is 15.4 Å². The fraction of sp³-hybridized carbons (Fsp3) is 0.286. The van der Waals surface area contributed by atoms with Crippen molar-refractivity contribution in [1.82, 2.24) is 4.57 Å². The maximum Gasteiger partial charge on any atom is 0.320 e. The number of aliphatic carboxylic acids is 1. The van der Waals surface area contributed by atoms with Crippen molar-refractivity contribution < 1.29 is 23.1 Å². The van der Waals surface area contributed by atoms with Gasteiger partial charge in [-0.25, -0.2) is 8.42 Å². The largest absolute Gasteiger partial charge is 0.480 e. The van der Waals surface area contributed by atoms with Crippen LogP contribution in [0, 0.1) is 0 Å². The molecule has 0 amide bonds. The highest BCUT2D eigenvalue weighted by atomic mass is 32.2. The van der Waals surface area contributed by atoms with Gasteiger partial charge in [0.1, 0.15) is 6.04 Å². The summed E-state index contributed by atoms with van der Waals surface area (Å²) in [4.78, 5) is 22.6. The fourth-order valence-electron chi connectivity index (χ4n) is 2.20. The molecule has 1 aromatic carbocycles. The van der Waals surface area contributed by atoms with E-state index in [-0.39, 0.29) is 13.0 Å². The normalized spacial score (nSPS) is 13.2. The lowest BCUT2D eigenvalue weighted by molar-refractivity contribution is -0.138. The number of nitrogens with two attached hydrogens (primary N) is 1. The minimum atomic E-state index is -3.78. The summed E-state index contributed by atoms with van der Waals surface area (Å²) < 4.78 is 24.1. The molecule has 0 unspecified atom stereocenters. The van der Waals surface area contributed by atoms with Crippen molar-refractivity contribution in [1.29, 1.82) is 0 Å². The van der Waals surface area contributed by atoms with Crippen molar-refractivity contribution in [3.63, 3.8) is 0 Å². The Bertz CT molecular complexity index is 838. The first-order chi connectivity index (χ1) is 10.2. The summed E-state index contributed by atoms with van der Waals surface area (Å²) in [6.45, 7) is -0.318. The molecule has 0 saturated heterocycles. The molecule has 0 aliphatic rings. The maximum atomic E-state index is 11.7. The summed E-state index contributed by atoms with van der Waals surface area (Å²) >= 11 is 0. The molecule has 3 N–H and O–H groups in total. The second kappa shape index (κ2) is 5.90. The van der Waals surface area contributed by atoms with Crippen LogP contribution < -0.4 is 5.73 Å². The van der Waals surface area contributed by atoms with Crippen molar-refractivity contribution in [2.45, 2.75) is 19.0 Å². The number of carbonyl (C=O) groups is 2. The number of aromatic nitrogens is 1. The summed E-state index contributed by atoms with van der Waals surface area (Å²) in [7, 11) is -3.78. The zero-order valence-electron chi connectivity index (χ0n) is 11.9. The Hall–Kier alpha value is -2.19. The van der Waals surface area contributed by atoms with Gasteiger partial charge in [0.2, 0.25) is 9.84 Å². The Morgan fingerprint density at radius 1 is 1.32 bits per heavy atom. The van der Waals surface area contributed by atoms with Gasteiger partial charge in [0, 0.05) is 29.8 Å². The minimum absolute atomic E-state index is 0.0932. The summed E-state index contributed by atoms with van der Waals surface area (Å²) in [5, 5.41) is 8.76. The van der Waals surface area contributed by atoms with Crippen molar-refractivity contribution in [3.05, 3.63) is 36.0 Å². The smallest absolute Gasteiger partial charge is 0.320 e. The zero-order chi connectivity index (χ0) is 16.5. The number of rotatable bonds is 5. The Morgan fingerprint density at radius 2 is 1.95 bits per heavy atom. The second-order valence-electron chi connectivity index (χ2n) is 5.09. The molecule has 2 rings (SSSR count). The van der Waals surface area contributed by atoms with Crippen LogP contribution >= 0.6 is 0 Å². The van der Waals surface area contributed by atoms with Crippen LogP contribution in [0.2, 0.25) is 0 Å². The van der Waals surface area contributed by atoms with E-state index in [0.29, 0.717) is 11.1 Å². The van der Waals surface area contributed by atoms with E-state index in [1.807, 2.05) is 0 Å². The third-order valence-electron chi connectivity index (χ3n) is 3.34. The Morgan fingerprint density at radius 3 is 2.55 bits per heavy atom. The number of nitrogens with zero attached hydrogens (tertiary/aromatic N) is 1. The van der Waals surface area contributed by atoms with Gasteiger partial charge in [0.15, 0.2) is 0 Å². The van der Waals surface area contributed by atoms with Crippen LogP contribution in [0.25, 0.3) is 10.9 Å². The average Bonchev–Trinajstić information content (AvgIpc) is 2.76. The third kappa shape index (κ3) is 3.34. The number of sulfone groups is 1. The van der Waals surface area contributed by atoms with Crippen LogP contribution in [0.4, 0.5) is 0 Å². The van der Waals surface area contributed by atoms with Crippen molar-refractivity contribution in [2.24, 2.45) is 5.73 Å². The van der Waals surface area contributed by atoms with E-state index in [9.17, 15) is 18.0 Å².